The molecule has 0 unspecified atom stereocenters. The van der Waals surface area contributed by atoms with E-state index in [4.69, 9.17) is 10.8 Å². The van der Waals surface area contributed by atoms with E-state index in [0.717, 1.165) is 0 Å². The Bertz CT molecular complexity index is 300. The van der Waals surface area contributed by atoms with Gasteiger partial charge in [0.1, 0.15) is 6.04 Å². The Morgan fingerprint density at radius 3 is 1.71 bits per heavy atom. The maximum absolute atomic E-state index is 11.9. The first kappa shape index (κ1) is 15.9. The minimum absolute atomic E-state index is 0.398. The van der Waals surface area contributed by atoms with Gasteiger partial charge in [-0.25, -0.2) is 4.79 Å². The molecule has 0 rings (SSSR count). The largest absolute Gasteiger partial charge is 0.480 e. The summed E-state index contributed by atoms with van der Waals surface area (Å²) >= 11 is 0. The number of carbonyl (C=O) groups excluding carboxylic acids is 1. The Morgan fingerprint density at radius 2 is 1.47 bits per heavy atom. The minimum atomic E-state index is -1.05. The second-order valence-electron chi connectivity index (χ2n) is 6.49. The molecule has 0 bridgehead atoms. The van der Waals surface area contributed by atoms with Crippen LogP contribution in [0.2, 0.25) is 0 Å². The van der Waals surface area contributed by atoms with Crippen molar-refractivity contribution in [1.82, 2.24) is 5.32 Å². The van der Waals surface area contributed by atoms with E-state index in [2.05, 4.69) is 5.32 Å². The topological polar surface area (TPSA) is 92.4 Å². The minimum Gasteiger partial charge on any atom is -0.480 e. The normalized spacial score (nSPS) is 16.2. The number of carboxylic acid groups (broad SMARTS) is 1. The summed E-state index contributed by atoms with van der Waals surface area (Å²) in [5.41, 5.74) is 4.83. The summed E-state index contributed by atoms with van der Waals surface area (Å²) in [5, 5.41) is 11.6. The third-order valence-corrected chi connectivity index (χ3v) is 2.62. The number of aliphatic carboxylic acids is 1. The second-order valence-corrected chi connectivity index (χ2v) is 6.49. The Hall–Kier alpha value is -1.10. The molecule has 0 aliphatic heterocycles. The Balaban J connectivity index is 4.82. The van der Waals surface area contributed by atoms with E-state index in [-0.39, 0.29) is 0 Å². The molecule has 0 saturated heterocycles. The zero-order valence-electron chi connectivity index (χ0n) is 11.5. The molecule has 4 N–H and O–H groups in total. The van der Waals surface area contributed by atoms with E-state index in [1.807, 2.05) is 20.8 Å². The number of carboxylic acids is 1. The van der Waals surface area contributed by atoms with Crippen LogP contribution in [-0.4, -0.2) is 29.1 Å². The number of carbonyl (C=O) groups is 2. The Labute approximate surface area is 103 Å². The van der Waals surface area contributed by atoms with Crippen molar-refractivity contribution in [1.29, 1.82) is 0 Å². The van der Waals surface area contributed by atoms with Crippen LogP contribution in [0, 0.1) is 10.8 Å². The monoisotopic (exact) mass is 244 g/mol. The number of hydrogen-bond acceptors (Lipinski definition) is 3. The molecule has 0 fully saturated rings. The zero-order chi connectivity index (χ0) is 14.0. The van der Waals surface area contributed by atoms with Crippen LogP contribution in [0.1, 0.15) is 41.5 Å². The molecule has 5 nitrogen and oxygen atoms in total. The van der Waals surface area contributed by atoms with Crippen LogP contribution in [0.5, 0.6) is 0 Å². The van der Waals surface area contributed by atoms with Gasteiger partial charge in [-0.1, -0.05) is 41.5 Å². The van der Waals surface area contributed by atoms with Gasteiger partial charge in [0.2, 0.25) is 5.91 Å². The van der Waals surface area contributed by atoms with Crippen LogP contribution in [0.4, 0.5) is 0 Å². The van der Waals surface area contributed by atoms with Gasteiger partial charge in [0, 0.05) is 0 Å². The van der Waals surface area contributed by atoms with Gasteiger partial charge in [-0.2, -0.15) is 0 Å². The Kier molecular flexibility index (Phi) is 4.71. The summed E-state index contributed by atoms with van der Waals surface area (Å²) in [7, 11) is 0. The van der Waals surface area contributed by atoms with Crippen LogP contribution in [-0.2, 0) is 9.59 Å². The molecule has 100 valence electrons. The average molecular weight is 244 g/mol. The van der Waals surface area contributed by atoms with Crippen LogP contribution < -0.4 is 11.1 Å². The molecule has 0 aliphatic carbocycles. The molecule has 17 heavy (non-hydrogen) atoms. The molecular weight excluding hydrogens is 220 g/mol. The molecule has 1 amide bonds. The quantitative estimate of drug-likeness (QED) is 0.690. The van der Waals surface area contributed by atoms with E-state index in [1.54, 1.807) is 20.8 Å². The van der Waals surface area contributed by atoms with Crippen molar-refractivity contribution in [3.8, 4) is 0 Å². The lowest BCUT2D eigenvalue weighted by molar-refractivity contribution is -0.145. The van der Waals surface area contributed by atoms with Gasteiger partial charge in [-0.15, -0.1) is 0 Å². The van der Waals surface area contributed by atoms with E-state index in [0.29, 0.717) is 0 Å². The third kappa shape index (κ3) is 4.73. The molecule has 2 atom stereocenters. The van der Waals surface area contributed by atoms with E-state index in [1.165, 1.54) is 0 Å². The molecule has 5 heteroatoms. The first-order chi connectivity index (χ1) is 7.37. The van der Waals surface area contributed by atoms with Crippen LogP contribution in [0.3, 0.4) is 0 Å². The van der Waals surface area contributed by atoms with Gasteiger partial charge in [0.25, 0.3) is 0 Å². The van der Waals surface area contributed by atoms with Crippen LogP contribution in [0.15, 0.2) is 0 Å². The van der Waals surface area contributed by atoms with Crippen LogP contribution >= 0.6 is 0 Å². The molecule has 0 aliphatic rings. The van der Waals surface area contributed by atoms with Crippen molar-refractivity contribution < 1.29 is 14.7 Å². The van der Waals surface area contributed by atoms with E-state index < -0.39 is 34.8 Å². The highest BCUT2D eigenvalue weighted by Gasteiger charge is 2.36. The molecule has 0 aromatic carbocycles. The lowest BCUT2D eigenvalue weighted by Crippen LogP contribution is -2.56. The highest BCUT2D eigenvalue weighted by Crippen LogP contribution is 2.21. The van der Waals surface area contributed by atoms with Crippen molar-refractivity contribution in [3.05, 3.63) is 0 Å². The lowest BCUT2D eigenvalue weighted by atomic mass is 9.84. The van der Waals surface area contributed by atoms with Crippen LogP contribution in [0.25, 0.3) is 0 Å². The first-order valence-electron chi connectivity index (χ1n) is 5.66. The fraction of sp³-hybridized carbons (Fsp3) is 0.833. The maximum atomic E-state index is 11.9. The van der Waals surface area contributed by atoms with E-state index in [9.17, 15) is 9.59 Å². The predicted octanol–water partition coefficient (Wildman–Crippen LogP) is 0.975. The molecule has 0 heterocycles. The fourth-order valence-corrected chi connectivity index (χ4v) is 1.27. The van der Waals surface area contributed by atoms with Gasteiger partial charge in [-0.05, 0) is 10.8 Å². The number of amides is 1. The number of nitrogens with two attached hydrogens (primary N) is 1. The highest BCUT2D eigenvalue weighted by molar-refractivity contribution is 5.87. The lowest BCUT2D eigenvalue weighted by Gasteiger charge is -2.32. The third-order valence-electron chi connectivity index (χ3n) is 2.62. The van der Waals surface area contributed by atoms with Crippen molar-refractivity contribution in [3.63, 3.8) is 0 Å². The molecule has 0 aromatic rings. The van der Waals surface area contributed by atoms with Gasteiger partial charge in [-0.3, -0.25) is 4.79 Å². The number of hydrogen-bond donors (Lipinski definition) is 3. The van der Waals surface area contributed by atoms with Crippen molar-refractivity contribution >= 4 is 11.9 Å². The summed E-state index contributed by atoms with van der Waals surface area (Å²) in [5.74, 6) is -1.48. The SMILES string of the molecule is CC(C)(C)[C@H](NC(=O)[C@H](N)C(C)(C)C)C(=O)O. The van der Waals surface area contributed by atoms with Crippen molar-refractivity contribution in [2.24, 2.45) is 16.6 Å². The summed E-state index contributed by atoms with van der Waals surface area (Å²) in [6.07, 6.45) is 0. The standard InChI is InChI=1S/C12H24N2O3/c1-11(2,3)7(13)9(15)14-8(10(16)17)12(4,5)6/h7-8H,13H2,1-6H3,(H,14,15)(H,16,17)/t7-,8+/m0/s1. The number of rotatable bonds is 3. The van der Waals surface area contributed by atoms with Gasteiger partial charge in [0.15, 0.2) is 0 Å². The first-order valence-corrected chi connectivity index (χ1v) is 5.66. The predicted molar refractivity (Wildman–Crippen MR) is 66.5 cm³/mol. The van der Waals surface area contributed by atoms with Gasteiger partial charge in [0.05, 0.1) is 6.04 Å². The molecule has 0 radical (unpaired) electrons. The Morgan fingerprint density at radius 1 is 1.06 bits per heavy atom. The summed E-state index contributed by atoms with van der Waals surface area (Å²) < 4.78 is 0. The van der Waals surface area contributed by atoms with E-state index >= 15 is 0 Å². The molecule has 0 aromatic heterocycles. The van der Waals surface area contributed by atoms with Crippen molar-refractivity contribution in [2.45, 2.75) is 53.6 Å². The highest BCUT2D eigenvalue weighted by atomic mass is 16.4. The maximum Gasteiger partial charge on any atom is 0.326 e. The summed E-state index contributed by atoms with van der Waals surface area (Å²) in [6, 6.07) is -1.67. The van der Waals surface area contributed by atoms with Crippen molar-refractivity contribution in [2.75, 3.05) is 0 Å². The van der Waals surface area contributed by atoms with Gasteiger partial charge < -0.3 is 16.2 Å². The molecular formula is C12H24N2O3. The zero-order valence-corrected chi connectivity index (χ0v) is 11.5. The smallest absolute Gasteiger partial charge is 0.326 e. The number of nitrogens with one attached hydrogen (secondary N) is 1. The second kappa shape index (κ2) is 5.04. The fourth-order valence-electron chi connectivity index (χ4n) is 1.27. The molecule has 0 spiro atoms. The summed E-state index contributed by atoms with van der Waals surface area (Å²) in [4.78, 5) is 23.0. The van der Waals surface area contributed by atoms with Gasteiger partial charge >= 0.3 is 5.97 Å². The molecule has 0 saturated carbocycles. The average Bonchev–Trinajstić information content (AvgIpc) is 2.08. The summed E-state index contributed by atoms with van der Waals surface area (Å²) in [6.45, 7) is 10.8.